The van der Waals surface area contributed by atoms with E-state index in [0.717, 1.165) is 29.5 Å². The lowest BCUT2D eigenvalue weighted by molar-refractivity contribution is -0.118. The molecular formula is C25H20FN5O3. The predicted molar refractivity (Wildman–Crippen MR) is 122 cm³/mol. The maximum Gasteiger partial charge on any atom is 0.235 e. The summed E-state index contributed by atoms with van der Waals surface area (Å²) in [5.74, 6) is 1.04. The summed E-state index contributed by atoms with van der Waals surface area (Å²) in [4.78, 5) is 13.3. The van der Waals surface area contributed by atoms with Crippen molar-refractivity contribution < 1.29 is 18.7 Å². The molecule has 6 rings (SSSR count). The number of benzene rings is 3. The van der Waals surface area contributed by atoms with Crippen LogP contribution >= 0.6 is 0 Å². The number of halogens is 1. The van der Waals surface area contributed by atoms with Crippen LogP contribution in [0.15, 0.2) is 54.6 Å². The fourth-order valence-corrected chi connectivity index (χ4v) is 4.37. The summed E-state index contributed by atoms with van der Waals surface area (Å²) in [6.45, 7) is 2.14. The highest BCUT2D eigenvalue weighted by Crippen LogP contribution is 2.51. The second kappa shape index (κ2) is 7.65. The number of rotatable bonds is 5. The molecule has 3 aromatic carbocycles. The largest absolute Gasteiger partial charge is 0.454 e. The molecule has 2 N–H and O–H groups in total. The molecule has 1 aliphatic heterocycles. The summed E-state index contributed by atoms with van der Waals surface area (Å²) < 4.78 is 25.6. The van der Waals surface area contributed by atoms with Gasteiger partial charge in [-0.15, -0.1) is 10.2 Å². The summed E-state index contributed by atoms with van der Waals surface area (Å²) in [6, 6.07) is 16.2. The van der Waals surface area contributed by atoms with Crippen molar-refractivity contribution in [1.82, 2.24) is 20.6 Å². The van der Waals surface area contributed by atoms with Crippen molar-refractivity contribution in [3.05, 3.63) is 71.5 Å². The van der Waals surface area contributed by atoms with Crippen LogP contribution in [0.25, 0.3) is 22.5 Å². The number of amides is 1. The molecular weight excluding hydrogens is 437 g/mol. The number of aromatic amines is 1. The van der Waals surface area contributed by atoms with E-state index in [0.29, 0.717) is 22.7 Å². The number of ether oxygens (including phenoxy) is 2. The molecule has 4 aromatic rings. The molecule has 1 aromatic heterocycles. The van der Waals surface area contributed by atoms with Crippen molar-refractivity contribution in [2.24, 2.45) is 0 Å². The maximum atomic E-state index is 14.8. The molecule has 0 bridgehead atoms. The molecule has 0 unspecified atom stereocenters. The van der Waals surface area contributed by atoms with E-state index < -0.39 is 11.2 Å². The van der Waals surface area contributed by atoms with E-state index in [2.05, 4.69) is 25.9 Å². The summed E-state index contributed by atoms with van der Waals surface area (Å²) in [5.41, 5.74) is 3.73. The van der Waals surface area contributed by atoms with E-state index in [4.69, 9.17) is 9.47 Å². The monoisotopic (exact) mass is 457 g/mol. The van der Waals surface area contributed by atoms with E-state index in [1.807, 2.05) is 43.3 Å². The Labute approximate surface area is 194 Å². The first kappa shape index (κ1) is 20.3. The molecule has 0 spiro atoms. The van der Waals surface area contributed by atoms with Gasteiger partial charge in [0.15, 0.2) is 11.5 Å². The lowest BCUT2D eigenvalue weighted by atomic mass is 9.94. The van der Waals surface area contributed by atoms with Crippen molar-refractivity contribution in [2.75, 3.05) is 12.1 Å². The van der Waals surface area contributed by atoms with Crippen LogP contribution < -0.4 is 14.8 Å². The molecule has 8 nitrogen and oxygen atoms in total. The number of hydrogen-bond donors (Lipinski definition) is 2. The Morgan fingerprint density at radius 1 is 1.03 bits per heavy atom. The predicted octanol–water partition coefficient (Wildman–Crippen LogP) is 4.38. The van der Waals surface area contributed by atoms with Gasteiger partial charge in [0.05, 0.1) is 11.0 Å². The van der Waals surface area contributed by atoms with Crippen molar-refractivity contribution in [1.29, 1.82) is 0 Å². The summed E-state index contributed by atoms with van der Waals surface area (Å²) in [7, 11) is 0. The third-order valence-corrected chi connectivity index (χ3v) is 6.47. The lowest BCUT2D eigenvalue weighted by Crippen LogP contribution is -2.27. The second-order valence-corrected chi connectivity index (χ2v) is 8.56. The fourth-order valence-electron chi connectivity index (χ4n) is 4.37. The minimum atomic E-state index is -0.579. The number of fused-ring (bicyclic) bond motifs is 1. The van der Waals surface area contributed by atoms with Gasteiger partial charge < -0.3 is 14.8 Å². The van der Waals surface area contributed by atoms with Crippen molar-refractivity contribution in [3.63, 3.8) is 0 Å². The van der Waals surface area contributed by atoms with Crippen LogP contribution in [-0.4, -0.2) is 33.3 Å². The van der Waals surface area contributed by atoms with E-state index in [1.54, 1.807) is 12.1 Å². The third-order valence-electron chi connectivity index (χ3n) is 6.47. The second-order valence-electron chi connectivity index (χ2n) is 8.56. The van der Waals surface area contributed by atoms with Gasteiger partial charge in [-0.3, -0.25) is 4.79 Å². The molecule has 0 atom stereocenters. The van der Waals surface area contributed by atoms with Gasteiger partial charge in [0.1, 0.15) is 5.82 Å². The minimum absolute atomic E-state index is 0.0696. The Bertz CT molecular complexity index is 1420. The number of anilines is 1. The fraction of sp³-hybridized carbons (Fsp3) is 0.200. The third kappa shape index (κ3) is 3.37. The highest BCUT2D eigenvalue weighted by atomic mass is 19.1. The molecule has 0 saturated heterocycles. The van der Waals surface area contributed by atoms with Gasteiger partial charge in [0.2, 0.25) is 18.5 Å². The zero-order chi connectivity index (χ0) is 23.3. The number of nitrogens with one attached hydrogen (secondary N) is 2. The number of aromatic nitrogens is 4. The Balaban J connectivity index is 1.27. The zero-order valence-corrected chi connectivity index (χ0v) is 18.3. The topological polar surface area (TPSA) is 102 Å². The smallest absolute Gasteiger partial charge is 0.235 e. The van der Waals surface area contributed by atoms with Gasteiger partial charge in [-0.25, -0.2) is 4.39 Å². The Morgan fingerprint density at radius 2 is 1.88 bits per heavy atom. The van der Waals surface area contributed by atoms with Crippen molar-refractivity contribution in [3.8, 4) is 34.0 Å². The Morgan fingerprint density at radius 3 is 2.65 bits per heavy atom. The van der Waals surface area contributed by atoms with Crippen LogP contribution in [0.2, 0.25) is 0 Å². The molecule has 2 aliphatic rings. The van der Waals surface area contributed by atoms with E-state index in [-0.39, 0.29) is 24.1 Å². The van der Waals surface area contributed by atoms with Gasteiger partial charge >= 0.3 is 0 Å². The quantitative estimate of drug-likeness (QED) is 0.461. The normalized spacial score (nSPS) is 15.2. The zero-order valence-electron chi connectivity index (χ0n) is 18.3. The van der Waals surface area contributed by atoms with Crippen LogP contribution in [0.1, 0.15) is 24.0 Å². The number of carbonyl (C=O) groups is 1. The molecule has 1 saturated carbocycles. The number of tetrazole rings is 1. The first-order valence-corrected chi connectivity index (χ1v) is 10.9. The molecule has 34 heavy (non-hydrogen) atoms. The molecule has 9 heteroatoms. The van der Waals surface area contributed by atoms with Gasteiger partial charge in [0.25, 0.3) is 0 Å². The molecule has 0 radical (unpaired) electrons. The number of nitrogens with zero attached hydrogens (tertiary/aromatic N) is 3. The number of hydrogen-bond acceptors (Lipinski definition) is 6. The minimum Gasteiger partial charge on any atom is -0.454 e. The average molecular weight is 457 g/mol. The van der Waals surface area contributed by atoms with Gasteiger partial charge in [-0.1, -0.05) is 18.2 Å². The van der Waals surface area contributed by atoms with E-state index >= 15 is 0 Å². The van der Waals surface area contributed by atoms with Crippen LogP contribution in [-0.2, 0) is 10.2 Å². The SMILES string of the molecule is Cc1ccc(NC(=O)C2(c3ccc4c(c3)OCO4)CC2)cc1-c1ccc(-c2nn[nH]n2)c(F)c1. The van der Waals surface area contributed by atoms with Crippen LogP contribution in [0, 0.1) is 12.7 Å². The van der Waals surface area contributed by atoms with Crippen molar-refractivity contribution >= 4 is 11.6 Å². The maximum absolute atomic E-state index is 14.8. The molecule has 1 aliphatic carbocycles. The highest BCUT2D eigenvalue weighted by molar-refractivity contribution is 6.02. The van der Waals surface area contributed by atoms with Crippen LogP contribution in [0.5, 0.6) is 11.5 Å². The van der Waals surface area contributed by atoms with E-state index in [1.165, 1.54) is 6.07 Å². The molecule has 2 heterocycles. The van der Waals surface area contributed by atoms with Gasteiger partial charge in [0, 0.05) is 5.69 Å². The first-order valence-electron chi connectivity index (χ1n) is 10.9. The number of carbonyl (C=O) groups excluding carboxylic acids is 1. The molecule has 1 fully saturated rings. The van der Waals surface area contributed by atoms with Crippen molar-refractivity contribution in [2.45, 2.75) is 25.2 Å². The number of H-pyrrole nitrogens is 1. The van der Waals surface area contributed by atoms with Gasteiger partial charge in [-0.05, 0) is 83.6 Å². The first-order chi connectivity index (χ1) is 16.5. The summed E-state index contributed by atoms with van der Waals surface area (Å²) in [6.07, 6.45) is 1.53. The average Bonchev–Trinajstić information content (AvgIpc) is 3.24. The van der Waals surface area contributed by atoms with Crippen LogP contribution in [0.3, 0.4) is 0 Å². The standard InChI is InChI=1S/C25H20FN5O3/c1-14-2-5-17(12-19(14)15-3-6-18(20(26)10-15)23-28-30-31-29-23)27-24(32)25(8-9-25)16-4-7-21-22(11-16)34-13-33-21/h2-7,10-12H,8-9,13H2,1H3,(H,27,32)(H,28,29,30,31). The van der Waals surface area contributed by atoms with E-state index in [9.17, 15) is 9.18 Å². The van der Waals surface area contributed by atoms with Gasteiger partial charge in [-0.2, -0.15) is 5.21 Å². The highest BCUT2D eigenvalue weighted by Gasteiger charge is 2.51. The summed E-state index contributed by atoms with van der Waals surface area (Å²) >= 11 is 0. The van der Waals surface area contributed by atoms with Crippen LogP contribution in [0.4, 0.5) is 10.1 Å². The molecule has 170 valence electrons. The Hall–Kier alpha value is -4.27. The molecule has 1 amide bonds. The Kier molecular flexibility index (Phi) is 4.58. The summed E-state index contributed by atoms with van der Waals surface area (Å²) in [5, 5.41) is 16.5. The lowest BCUT2D eigenvalue weighted by Gasteiger charge is -2.17. The number of aryl methyl sites for hydroxylation is 1.